The van der Waals surface area contributed by atoms with Gasteiger partial charge in [-0.1, -0.05) is 18.2 Å². The predicted octanol–water partition coefficient (Wildman–Crippen LogP) is 4.23. The largest absolute Gasteiger partial charge is 0.494 e. The van der Waals surface area contributed by atoms with Crippen molar-refractivity contribution >= 4 is 33.4 Å². The second-order valence-electron chi connectivity index (χ2n) is 6.08. The molecule has 4 rings (SSSR count). The third kappa shape index (κ3) is 2.99. The van der Waals surface area contributed by atoms with E-state index < -0.39 is 0 Å². The Balaban J connectivity index is 1.51. The lowest BCUT2D eigenvalue weighted by Gasteiger charge is -2.11. The Morgan fingerprint density at radius 2 is 2.00 bits per heavy atom. The van der Waals surface area contributed by atoms with Crippen LogP contribution in [-0.4, -0.2) is 22.6 Å². The zero-order valence-corrected chi connectivity index (χ0v) is 14.5. The highest BCUT2D eigenvalue weighted by Gasteiger charge is 2.10. The van der Waals surface area contributed by atoms with E-state index >= 15 is 0 Å². The maximum Gasteiger partial charge on any atom is 0.226 e. The van der Waals surface area contributed by atoms with Crippen molar-refractivity contribution in [1.29, 1.82) is 0 Å². The fourth-order valence-electron chi connectivity index (χ4n) is 3.19. The van der Waals surface area contributed by atoms with Crippen molar-refractivity contribution in [2.75, 3.05) is 12.4 Å². The summed E-state index contributed by atoms with van der Waals surface area (Å²) in [5.41, 5.74) is 2.62. The van der Waals surface area contributed by atoms with Crippen LogP contribution < -0.4 is 10.1 Å². The normalized spacial score (nSPS) is 11.0. The van der Waals surface area contributed by atoms with Gasteiger partial charge < -0.3 is 14.6 Å². The summed E-state index contributed by atoms with van der Waals surface area (Å²) in [5, 5.41) is 5.05. The van der Waals surface area contributed by atoms with Gasteiger partial charge in [0.05, 0.1) is 12.8 Å². The third-order valence-corrected chi connectivity index (χ3v) is 4.49. The van der Waals surface area contributed by atoms with Crippen LogP contribution >= 0.6 is 0 Å². The standard InChI is InChI=1S/C21H19N3O2/c1-26-19-9-8-17(16-6-4-12-22-21(16)19)23-20(25)11-14-24-13-10-15-5-2-3-7-18(15)24/h2-10,12-13H,11,14H2,1H3,(H,23,25). The molecule has 0 aliphatic rings. The van der Waals surface area contributed by atoms with Gasteiger partial charge in [-0.2, -0.15) is 0 Å². The van der Waals surface area contributed by atoms with Crippen molar-refractivity contribution in [2.24, 2.45) is 0 Å². The van der Waals surface area contributed by atoms with Crippen molar-refractivity contribution in [1.82, 2.24) is 9.55 Å². The summed E-state index contributed by atoms with van der Waals surface area (Å²) < 4.78 is 7.45. The highest BCUT2D eigenvalue weighted by Crippen LogP contribution is 2.29. The topological polar surface area (TPSA) is 56.1 Å². The van der Waals surface area contributed by atoms with Gasteiger partial charge in [-0.05, 0) is 41.8 Å². The molecule has 0 radical (unpaired) electrons. The number of rotatable bonds is 5. The van der Waals surface area contributed by atoms with Crippen LogP contribution in [0.2, 0.25) is 0 Å². The van der Waals surface area contributed by atoms with Gasteiger partial charge in [-0.25, -0.2) is 0 Å². The van der Waals surface area contributed by atoms with Crippen LogP contribution in [0.3, 0.4) is 0 Å². The van der Waals surface area contributed by atoms with Crippen molar-refractivity contribution in [3.8, 4) is 5.75 Å². The number of benzene rings is 2. The first-order chi connectivity index (χ1) is 12.8. The van der Waals surface area contributed by atoms with E-state index in [2.05, 4.69) is 33.1 Å². The van der Waals surface area contributed by atoms with Crippen LogP contribution in [0.5, 0.6) is 5.75 Å². The van der Waals surface area contributed by atoms with Gasteiger partial charge in [0.1, 0.15) is 11.3 Å². The second kappa shape index (κ2) is 6.88. The van der Waals surface area contributed by atoms with E-state index in [-0.39, 0.29) is 5.91 Å². The smallest absolute Gasteiger partial charge is 0.226 e. The summed E-state index contributed by atoms with van der Waals surface area (Å²) in [7, 11) is 1.61. The van der Waals surface area contributed by atoms with Gasteiger partial charge in [0.25, 0.3) is 0 Å². The molecule has 4 aromatic rings. The fraction of sp³-hybridized carbons (Fsp3) is 0.143. The van der Waals surface area contributed by atoms with Gasteiger partial charge in [0.2, 0.25) is 5.91 Å². The Morgan fingerprint density at radius 1 is 1.12 bits per heavy atom. The number of anilines is 1. The molecule has 0 spiro atoms. The number of methoxy groups -OCH3 is 1. The summed E-state index contributed by atoms with van der Waals surface area (Å²) in [6, 6.07) is 17.7. The Kier molecular flexibility index (Phi) is 4.27. The predicted molar refractivity (Wildman–Crippen MR) is 103 cm³/mol. The number of amides is 1. The summed E-state index contributed by atoms with van der Waals surface area (Å²) >= 11 is 0. The van der Waals surface area contributed by atoms with Crippen LogP contribution in [0, 0.1) is 0 Å². The van der Waals surface area contributed by atoms with Gasteiger partial charge in [-0.3, -0.25) is 9.78 Å². The molecule has 1 amide bonds. The number of ether oxygens (including phenoxy) is 1. The first kappa shape index (κ1) is 16.1. The molecule has 2 heterocycles. The number of para-hydroxylation sites is 1. The average molecular weight is 345 g/mol. The van der Waals surface area contributed by atoms with E-state index in [1.165, 1.54) is 5.39 Å². The van der Waals surface area contributed by atoms with Crippen molar-refractivity contribution in [3.63, 3.8) is 0 Å². The van der Waals surface area contributed by atoms with Gasteiger partial charge in [-0.15, -0.1) is 0 Å². The minimum atomic E-state index is -0.0295. The number of hydrogen-bond acceptors (Lipinski definition) is 3. The van der Waals surface area contributed by atoms with E-state index in [9.17, 15) is 4.79 Å². The first-order valence-corrected chi connectivity index (χ1v) is 8.52. The van der Waals surface area contributed by atoms with Gasteiger partial charge in [0, 0.05) is 36.3 Å². The maximum absolute atomic E-state index is 12.5. The van der Waals surface area contributed by atoms with E-state index in [1.807, 2.05) is 42.6 Å². The molecule has 0 aliphatic heterocycles. The maximum atomic E-state index is 12.5. The summed E-state index contributed by atoms with van der Waals surface area (Å²) in [4.78, 5) is 16.8. The molecule has 2 aromatic heterocycles. The molecular formula is C21H19N3O2. The molecule has 0 saturated carbocycles. The summed E-state index contributed by atoms with van der Waals surface area (Å²) in [6.45, 7) is 0.631. The molecule has 26 heavy (non-hydrogen) atoms. The lowest BCUT2D eigenvalue weighted by Crippen LogP contribution is -2.14. The molecule has 5 nitrogen and oxygen atoms in total. The van der Waals surface area contributed by atoms with Crippen LogP contribution in [-0.2, 0) is 11.3 Å². The molecule has 0 fully saturated rings. The van der Waals surface area contributed by atoms with Crippen molar-refractivity contribution in [3.05, 3.63) is 67.0 Å². The number of aryl methyl sites for hydroxylation is 1. The number of nitrogens with one attached hydrogen (secondary N) is 1. The van der Waals surface area contributed by atoms with Gasteiger partial charge in [0.15, 0.2) is 0 Å². The minimum absolute atomic E-state index is 0.0295. The molecule has 0 unspecified atom stereocenters. The lowest BCUT2D eigenvalue weighted by molar-refractivity contribution is -0.116. The highest BCUT2D eigenvalue weighted by atomic mass is 16.5. The minimum Gasteiger partial charge on any atom is -0.494 e. The Labute approximate surface area is 151 Å². The molecule has 130 valence electrons. The third-order valence-electron chi connectivity index (χ3n) is 4.49. The van der Waals surface area contributed by atoms with Crippen molar-refractivity contribution in [2.45, 2.75) is 13.0 Å². The molecular weight excluding hydrogens is 326 g/mol. The highest BCUT2D eigenvalue weighted by molar-refractivity contribution is 6.02. The molecule has 2 aromatic carbocycles. The lowest BCUT2D eigenvalue weighted by atomic mass is 10.1. The summed E-state index contributed by atoms with van der Waals surface area (Å²) in [5.74, 6) is 0.663. The molecule has 0 atom stereocenters. The number of pyridine rings is 1. The molecule has 0 aliphatic carbocycles. The van der Waals surface area contributed by atoms with Crippen LogP contribution in [0.25, 0.3) is 21.8 Å². The zero-order chi connectivity index (χ0) is 17.9. The number of aromatic nitrogens is 2. The van der Waals surface area contributed by atoms with E-state index in [0.717, 1.165) is 22.1 Å². The number of fused-ring (bicyclic) bond motifs is 2. The first-order valence-electron chi connectivity index (χ1n) is 8.52. The molecule has 0 bridgehead atoms. The van der Waals surface area contributed by atoms with E-state index in [4.69, 9.17) is 4.74 Å². The SMILES string of the molecule is COc1ccc(NC(=O)CCn2ccc3ccccc32)c2cccnc12. The fourth-order valence-corrected chi connectivity index (χ4v) is 3.19. The van der Waals surface area contributed by atoms with Gasteiger partial charge >= 0.3 is 0 Å². The average Bonchev–Trinajstić information content (AvgIpc) is 3.10. The number of nitrogens with zero attached hydrogens (tertiary/aromatic N) is 2. The van der Waals surface area contributed by atoms with Crippen molar-refractivity contribution < 1.29 is 9.53 Å². The Bertz CT molecular complexity index is 1080. The number of carbonyl (C=O) groups excluding carboxylic acids is 1. The van der Waals surface area contributed by atoms with E-state index in [1.54, 1.807) is 13.3 Å². The molecule has 1 N–H and O–H groups in total. The zero-order valence-electron chi connectivity index (χ0n) is 14.5. The Morgan fingerprint density at radius 3 is 2.88 bits per heavy atom. The van der Waals surface area contributed by atoms with Crippen LogP contribution in [0.1, 0.15) is 6.42 Å². The molecule has 5 heteroatoms. The van der Waals surface area contributed by atoms with Crippen LogP contribution in [0.4, 0.5) is 5.69 Å². The Hall–Kier alpha value is -3.34. The quantitative estimate of drug-likeness (QED) is 0.589. The summed E-state index contributed by atoms with van der Waals surface area (Å²) in [6.07, 6.45) is 4.13. The van der Waals surface area contributed by atoms with Crippen LogP contribution in [0.15, 0.2) is 67.0 Å². The number of carbonyl (C=O) groups is 1. The van der Waals surface area contributed by atoms with E-state index in [0.29, 0.717) is 18.7 Å². The second-order valence-corrected chi connectivity index (χ2v) is 6.08. The molecule has 0 saturated heterocycles. The monoisotopic (exact) mass is 345 g/mol. The number of hydrogen-bond donors (Lipinski definition) is 1.